The van der Waals surface area contributed by atoms with E-state index in [1.165, 1.54) is 0 Å². The highest BCUT2D eigenvalue weighted by molar-refractivity contribution is 5.46. The number of hydrogen-bond acceptors (Lipinski definition) is 4. The van der Waals surface area contributed by atoms with E-state index in [0.29, 0.717) is 13.2 Å². The Labute approximate surface area is 143 Å². The number of hydrogen-bond donors (Lipinski definition) is 2. The van der Waals surface area contributed by atoms with E-state index >= 15 is 0 Å². The summed E-state index contributed by atoms with van der Waals surface area (Å²) in [6, 6.07) is 15.4. The number of ether oxygens (including phenoxy) is 2. The Balaban J connectivity index is 1.68. The first-order chi connectivity index (χ1) is 11.8. The van der Waals surface area contributed by atoms with Crippen LogP contribution < -0.4 is 20.1 Å². The summed E-state index contributed by atoms with van der Waals surface area (Å²) in [6.07, 6.45) is 0. The van der Waals surface area contributed by atoms with Gasteiger partial charge in [0.15, 0.2) is 0 Å². The van der Waals surface area contributed by atoms with Crippen LogP contribution in [0.15, 0.2) is 48.5 Å². The Kier molecular flexibility index (Phi) is 6.93. The van der Waals surface area contributed by atoms with Crippen LogP contribution in [0, 0.1) is 23.7 Å². The van der Waals surface area contributed by atoms with Crippen molar-refractivity contribution in [3.63, 3.8) is 0 Å². The van der Waals surface area contributed by atoms with Crippen molar-refractivity contribution in [3.05, 3.63) is 48.5 Å². The summed E-state index contributed by atoms with van der Waals surface area (Å²) in [7, 11) is 3.75. The van der Waals surface area contributed by atoms with Gasteiger partial charge < -0.3 is 20.1 Å². The highest BCUT2D eigenvalue weighted by Crippen LogP contribution is 2.15. The minimum absolute atomic E-state index is 0.305. The molecule has 2 rings (SSSR count). The van der Waals surface area contributed by atoms with E-state index in [4.69, 9.17) is 9.47 Å². The first kappa shape index (κ1) is 17.1. The second kappa shape index (κ2) is 9.71. The molecule has 0 aliphatic heterocycles. The minimum Gasteiger partial charge on any atom is -0.481 e. The standard InChI is InChI=1S/C20H20N2O2/c1-21-17-7-11-19(12-8-17)23-15-5-3-4-6-16-24-20-13-9-18(22-2)10-14-20/h7-14,21-22H,15-16H2,1-2H3. The van der Waals surface area contributed by atoms with Gasteiger partial charge in [0.25, 0.3) is 0 Å². The number of anilines is 2. The van der Waals surface area contributed by atoms with Crippen molar-refractivity contribution in [2.45, 2.75) is 0 Å². The van der Waals surface area contributed by atoms with Crippen LogP contribution in [0.5, 0.6) is 11.5 Å². The SMILES string of the molecule is CNc1ccc(OCC#CC#CCOc2ccc(NC)cc2)cc1. The molecule has 24 heavy (non-hydrogen) atoms. The van der Waals surface area contributed by atoms with Crippen molar-refractivity contribution in [1.29, 1.82) is 0 Å². The van der Waals surface area contributed by atoms with Gasteiger partial charge in [-0.2, -0.15) is 0 Å². The van der Waals surface area contributed by atoms with Gasteiger partial charge in [0.1, 0.15) is 24.7 Å². The van der Waals surface area contributed by atoms with Gasteiger partial charge in [0, 0.05) is 25.5 Å². The van der Waals surface area contributed by atoms with Gasteiger partial charge in [-0.25, -0.2) is 0 Å². The zero-order valence-electron chi connectivity index (χ0n) is 13.8. The fraction of sp³-hybridized carbons (Fsp3) is 0.200. The summed E-state index contributed by atoms with van der Waals surface area (Å²) < 4.78 is 11.0. The molecule has 0 atom stereocenters. The van der Waals surface area contributed by atoms with Gasteiger partial charge in [-0.15, -0.1) is 0 Å². The quantitative estimate of drug-likeness (QED) is 0.802. The lowest BCUT2D eigenvalue weighted by Crippen LogP contribution is -1.95. The molecule has 4 heteroatoms. The molecule has 0 bridgehead atoms. The summed E-state index contributed by atoms with van der Waals surface area (Å²) in [4.78, 5) is 0. The summed E-state index contributed by atoms with van der Waals surface area (Å²) in [6.45, 7) is 0.611. The average Bonchev–Trinajstić information content (AvgIpc) is 2.65. The van der Waals surface area contributed by atoms with E-state index in [-0.39, 0.29) is 0 Å². The molecular formula is C20H20N2O2. The molecule has 2 aromatic carbocycles. The van der Waals surface area contributed by atoms with Crippen molar-refractivity contribution in [1.82, 2.24) is 0 Å². The fourth-order valence-electron chi connectivity index (χ4n) is 1.84. The summed E-state index contributed by atoms with van der Waals surface area (Å²) in [5.41, 5.74) is 2.08. The molecule has 0 unspecified atom stereocenters. The van der Waals surface area contributed by atoms with E-state index in [1.54, 1.807) is 0 Å². The molecule has 0 saturated heterocycles. The molecule has 0 amide bonds. The van der Waals surface area contributed by atoms with Crippen LogP contribution in [0.2, 0.25) is 0 Å². The van der Waals surface area contributed by atoms with E-state index in [9.17, 15) is 0 Å². The molecule has 0 saturated carbocycles. The Morgan fingerprint density at radius 1 is 0.667 bits per heavy atom. The highest BCUT2D eigenvalue weighted by atomic mass is 16.5. The predicted molar refractivity (Wildman–Crippen MR) is 98.5 cm³/mol. The molecule has 2 N–H and O–H groups in total. The van der Waals surface area contributed by atoms with Gasteiger partial charge in [-0.1, -0.05) is 0 Å². The molecule has 0 radical (unpaired) electrons. The third kappa shape index (κ3) is 5.87. The molecule has 0 aliphatic rings. The lowest BCUT2D eigenvalue weighted by molar-refractivity contribution is 0.370. The van der Waals surface area contributed by atoms with Crippen LogP contribution in [0.1, 0.15) is 0 Å². The van der Waals surface area contributed by atoms with E-state index in [1.807, 2.05) is 62.6 Å². The normalized spacial score (nSPS) is 8.92. The largest absolute Gasteiger partial charge is 0.481 e. The predicted octanol–water partition coefficient (Wildman–Crippen LogP) is 3.23. The lowest BCUT2D eigenvalue weighted by Gasteiger charge is -2.03. The molecule has 0 aromatic heterocycles. The Bertz CT molecular complexity index is 677. The zero-order valence-corrected chi connectivity index (χ0v) is 13.8. The Hall–Kier alpha value is -3.24. The van der Waals surface area contributed by atoms with Gasteiger partial charge in [-0.3, -0.25) is 0 Å². The van der Waals surface area contributed by atoms with E-state index in [0.717, 1.165) is 22.9 Å². The molecule has 4 nitrogen and oxygen atoms in total. The maximum absolute atomic E-state index is 5.50. The third-order valence-corrected chi connectivity index (χ3v) is 3.15. The van der Waals surface area contributed by atoms with Gasteiger partial charge in [0.2, 0.25) is 0 Å². The number of rotatable bonds is 6. The summed E-state index contributed by atoms with van der Waals surface area (Å²) >= 11 is 0. The number of nitrogens with one attached hydrogen (secondary N) is 2. The molecule has 122 valence electrons. The van der Waals surface area contributed by atoms with Crippen molar-refractivity contribution >= 4 is 11.4 Å². The maximum atomic E-state index is 5.50. The molecule has 0 heterocycles. The van der Waals surface area contributed by atoms with Crippen LogP contribution in [0.4, 0.5) is 11.4 Å². The van der Waals surface area contributed by atoms with Crippen molar-refractivity contribution in [2.24, 2.45) is 0 Å². The van der Waals surface area contributed by atoms with Crippen molar-refractivity contribution < 1.29 is 9.47 Å². The molecule has 0 fully saturated rings. The zero-order chi connectivity index (χ0) is 17.0. The average molecular weight is 320 g/mol. The molecule has 2 aromatic rings. The van der Waals surface area contributed by atoms with Crippen LogP contribution in [-0.4, -0.2) is 27.3 Å². The molecular weight excluding hydrogens is 300 g/mol. The monoisotopic (exact) mass is 320 g/mol. The third-order valence-electron chi connectivity index (χ3n) is 3.15. The maximum Gasteiger partial charge on any atom is 0.150 e. The topological polar surface area (TPSA) is 42.5 Å². The van der Waals surface area contributed by atoms with Crippen LogP contribution >= 0.6 is 0 Å². The lowest BCUT2D eigenvalue weighted by atomic mass is 10.3. The molecule has 0 spiro atoms. The Morgan fingerprint density at radius 3 is 1.38 bits per heavy atom. The van der Waals surface area contributed by atoms with Crippen molar-refractivity contribution in [2.75, 3.05) is 37.9 Å². The van der Waals surface area contributed by atoms with E-state index in [2.05, 4.69) is 34.3 Å². The van der Waals surface area contributed by atoms with E-state index < -0.39 is 0 Å². The fourth-order valence-corrected chi connectivity index (χ4v) is 1.84. The second-order valence-electron chi connectivity index (χ2n) is 4.73. The minimum atomic E-state index is 0.305. The van der Waals surface area contributed by atoms with Gasteiger partial charge in [-0.05, 0) is 72.2 Å². The van der Waals surface area contributed by atoms with Crippen molar-refractivity contribution in [3.8, 4) is 35.2 Å². The Morgan fingerprint density at radius 2 is 1.04 bits per heavy atom. The number of benzene rings is 2. The summed E-state index contributed by atoms with van der Waals surface area (Å²) in [5.74, 6) is 12.8. The first-order valence-electron chi connectivity index (χ1n) is 7.59. The molecule has 0 aliphatic carbocycles. The highest BCUT2D eigenvalue weighted by Gasteiger charge is 1.92. The van der Waals surface area contributed by atoms with Crippen LogP contribution in [0.25, 0.3) is 0 Å². The van der Waals surface area contributed by atoms with Gasteiger partial charge in [0.05, 0.1) is 0 Å². The summed E-state index contributed by atoms with van der Waals surface area (Å²) in [5, 5.41) is 6.10. The van der Waals surface area contributed by atoms with Crippen LogP contribution in [0.3, 0.4) is 0 Å². The second-order valence-corrected chi connectivity index (χ2v) is 4.73. The van der Waals surface area contributed by atoms with Gasteiger partial charge >= 0.3 is 0 Å². The smallest absolute Gasteiger partial charge is 0.150 e. The first-order valence-corrected chi connectivity index (χ1v) is 7.59. The van der Waals surface area contributed by atoms with Crippen LogP contribution in [-0.2, 0) is 0 Å².